The Morgan fingerprint density at radius 3 is 2.47 bits per heavy atom. The minimum absolute atomic E-state index is 0.179. The molecule has 3 heteroatoms. The predicted octanol–water partition coefficient (Wildman–Crippen LogP) is 3.44. The summed E-state index contributed by atoms with van der Waals surface area (Å²) in [7, 11) is 0. The van der Waals surface area contributed by atoms with Gasteiger partial charge in [-0.3, -0.25) is 0 Å². The molecule has 0 aliphatic heterocycles. The van der Waals surface area contributed by atoms with Gasteiger partial charge in [0, 0.05) is 12.6 Å². The third-order valence-electron chi connectivity index (χ3n) is 2.53. The molecule has 0 atom stereocenters. The van der Waals surface area contributed by atoms with Crippen LogP contribution in [0.4, 0.5) is 4.79 Å². The lowest BCUT2D eigenvalue weighted by Gasteiger charge is -2.25. The first-order chi connectivity index (χ1) is 8.15. The van der Waals surface area contributed by atoms with E-state index in [2.05, 4.69) is 6.92 Å². The Hall–Kier alpha value is -1.51. The molecule has 0 bridgehead atoms. The minimum atomic E-state index is -0.231. The summed E-state index contributed by atoms with van der Waals surface area (Å²) in [6.45, 7) is 7.14. The maximum absolute atomic E-state index is 11.9. The zero-order chi connectivity index (χ0) is 12.7. The van der Waals surface area contributed by atoms with E-state index in [9.17, 15) is 4.79 Å². The molecule has 1 aromatic carbocycles. The number of hydrogen-bond acceptors (Lipinski definition) is 2. The van der Waals surface area contributed by atoms with Gasteiger partial charge in [-0.1, -0.05) is 37.3 Å². The highest BCUT2D eigenvalue weighted by Crippen LogP contribution is 2.06. The second-order valence-electron chi connectivity index (χ2n) is 4.33. The molecule has 1 aromatic rings. The fourth-order valence-corrected chi connectivity index (χ4v) is 1.60. The summed E-state index contributed by atoms with van der Waals surface area (Å²) in [5.74, 6) is 0. The average Bonchev–Trinajstić information content (AvgIpc) is 2.34. The van der Waals surface area contributed by atoms with E-state index in [1.807, 2.05) is 44.2 Å². The maximum Gasteiger partial charge on any atom is 0.410 e. The van der Waals surface area contributed by atoms with Crippen LogP contribution in [0.1, 0.15) is 32.8 Å². The Morgan fingerprint density at radius 2 is 1.94 bits per heavy atom. The quantitative estimate of drug-likeness (QED) is 0.782. The Kier molecular flexibility index (Phi) is 5.53. The van der Waals surface area contributed by atoms with E-state index in [-0.39, 0.29) is 12.1 Å². The third-order valence-corrected chi connectivity index (χ3v) is 2.53. The van der Waals surface area contributed by atoms with Gasteiger partial charge in [0.2, 0.25) is 0 Å². The number of rotatable bonds is 5. The Morgan fingerprint density at radius 1 is 1.29 bits per heavy atom. The van der Waals surface area contributed by atoms with Crippen molar-refractivity contribution in [2.75, 3.05) is 6.54 Å². The van der Waals surface area contributed by atoms with Gasteiger partial charge >= 0.3 is 6.09 Å². The average molecular weight is 235 g/mol. The number of carbonyl (C=O) groups is 1. The van der Waals surface area contributed by atoms with E-state index in [0.29, 0.717) is 6.61 Å². The Bertz CT molecular complexity index is 335. The SMILES string of the molecule is CCCN(C(=O)OCc1ccccc1)C(C)C. The molecular weight excluding hydrogens is 214 g/mol. The van der Waals surface area contributed by atoms with Crippen LogP contribution in [0.25, 0.3) is 0 Å². The monoisotopic (exact) mass is 235 g/mol. The normalized spacial score (nSPS) is 10.4. The van der Waals surface area contributed by atoms with E-state index in [0.717, 1.165) is 18.5 Å². The van der Waals surface area contributed by atoms with Gasteiger partial charge in [-0.05, 0) is 25.8 Å². The van der Waals surface area contributed by atoms with Crippen LogP contribution in [-0.4, -0.2) is 23.6 Å². The molecule has 94 valence electrons. The van der Waals surface area contributed by atoms with Crippen LogP contribution in [0, 0.1) is 0 Å². The molecule has 0 N–H and O–H groups in total. The van der Waals surface area contributed by atoms with Crippen LogP contribution < -0.4 is 0 Å². The minimum Gasteiger partial charge on any atom is -0.445 e. The fourth-order valence-electron chi connectivity index (χ4n) is 1.60. The lowest BCUT2D eigenvalue weighted by Crippen LogP contribution is -2.37. The van der Waals surface area contributed by atoms with E-state index >= 15 is 0 Å². The van der Waals surface area contributed by atoms with Gasteiger partial charge in [0.25, 0.3) is 0 Å². The lowest BCUT2D eigenvalue weighted by molar-refractivity contribution is 0.0859. The summed E-state index contributed by atoms with van der Waals surface area (Å²) in [6, 6.07) is 9.91. The van der Waals surface area contributed by atoms with Crippen LogP contribution in [0.3, 0.4) is 0 Å². The van der Waals surface area contributed by atoms with Crippen LogP contribution in [-0.2, 0) is 11.3 Å². The maximum atomic E-state index is 11.9. The Labute approximate surface area is 103 Å². The molecule has 1 amide bonds. The second kappa shape index (κ2) is 6.94. The number of carbonyl (C=O) groups excluding carboxylic acids is 1. The van der Waals surface area contributed by atoms with E-state index < -0.39 is 0 Å². The van der Waals surface area contributed by atoms with Crippen LogP contribution >= 0.6 is 0 Å². The van der Waals surface area contributed by atoms with Crippen molar-refractivity contribution in [3.63, 3.8) is 0 Å². The second-order valence-corrected chi connectivity index (χ2v) is 4.33. The van der Waals surface area contributed by atoms with Gasteiger partial charge < -0.3 is 9.64 Å². The summed E-state index contributed by atoms with van der Waals surface area (Å²) in [6.07, 6.45) is 0.712. The highest BCUT2D eigenvalue weighted by molar-refractivity contribution is 5.67. The van der Waals surface area contributed by atoms with Crippen LogP contribution in [0.15, 0.2) is 30.3 Å². The number of hydrogen-bond donors (Lipinski definition) is 0. The van der Waals surface area contributed by atoms with E-state index in [4.69, 9.17) is 4.74 Å². The van der Waals surface area contributed by atoms with Gasteiger partial charge in [-0.25, -0.2) is 4.79 Å². The summed E-state index contributed by atoms with van der Waals surface area (Å²) >= 11 is 0. The third kappa shape index (κ3) is 4.47. The van der Waals surface area contributed by atoms with Crippen molar-refractivity contribution in [1.29, 1.82) is 0 Å². The molecule has 17 heavy (non-hydrogen) atoms. The van der Waals surface area contributed by atoms with Gasteiger partial charge in [0.1, 0.15) is 6.61 Å². The van der Waals surface area contributed by atoms with Crippen molar-refractivity contribution in [1.82, 2.24) is 4.90 Å². The predicted molar refractivity (Wildman–Crippen MR) is 68.8 cm³/mol. The molecule has 0 fully saturated rings. The molecule has 0 unspecified atom stereocenters. The standard InChI is InChI=1S/C14H21NO2/c1-4-10-15(12(2)3)14(16)17-11-13-8-6-5-7-9-13/h5-9,12H,4,10-11H2,1-3H3. The molecule has 0 radical (unpaired) electrons. The van der Waals surface area contributed by atoms with E-state index in [1.165, 1.54) is 0 Å². The zero-order valence-corrected chi connectivity index (χ0v) is 10.8. The highest BCUT2D eigenvalue weighted by Gasteiger charge is 2.16. The molecule has 0 aromatic heterocycles. The summed E-state index contributed by atoms with van der Waals surface area (Å²) in [5, 5.41) is 0. The topological polar surface area (TPSA) is 29.5 Å². The summed E-state index contributed by atoms with van der Waals surface area (Å²) in [5.41, 5.74) is 1.01. The molecule has 0 aliphatic carbocycles. The van der Waals surface area contributed by atoms with Crippen molar-refractivity contribution in [2.24, 2.45) is 0 Å². The largest absolute Gasteiger partial charge is 0.445 e. The molecule has 0 saturated heterocycles. The molecule has 0 heterocycles. The van der Waals surface area contributed by atoms with Gasteiger partial charge in [-0.15, -0.1) is 0 Å². The van der Waals surface area contributed by atoms with Crippen molar-refractivity contribution in [3.05, 3.63) is 35.9 Å². The number of nitrogens with zero attached hydrogens (tertiary/aromatic N) is 1. The lowest BCUT2D eigenvalue weighted by atomic mass is 10.2. The molecule has 0 spiro atoms. The van der Waals surface area contributed by atoms with Crippen molar-refractivity contribution in [3.8, 4) is 0 Å². The number of ether oxygens (including phenoxy) is 1. The number of amides is 1. The molecular formula is C14H21NO2. The molecule has 0 aliphatic rings. The summed E-state index contributed by atoms with van der Waals surface area (Å²) in [4.78, 5) is 13.6. The van der Waals surface area contributed by atoms with Crippen molar-refractivity contribution < 1.29 is 9.53 Å². The van der Waals surface area contributed by atoms with E-state index in [1.54, 1.807) is 4.90 Å². The summed E-state index contributed by atoms with van der Waals surface area (Å²) < 4.78 is 5.29. The van der Waals surface area contributed by atoms with Crippen LogP contribution in [0.2, 0.25) is 0 Å². The first kappa shape index (κ1) is 13.6. The van der Waals surface area contributed by atoms with Gasteiger partial charge in [-0.2, -0.15) is 0 Å². The van der Waals surface area contributed by atoms with Gasteiger partial charge in [0.05, 0.1) is 0 Å². The smallest absolute Gasteiger partial charge is 0.410 e. The van der Waals surface area contributed by atoms with Crippen molar-refractivity contribution >= 4 is 6.09 Å². The first-order valence-corrected chi connectivity index (χ1v) is 6.12. The first-order valence-electron chi connectivity index (χ1n) is 6.12. The highest BCUT2D eigenvalue weighted by atomic mass is 16.6. The molecule has 3 nitrogen and oxygen atoms in total. The van der Waals surface area contributed by atoms with Gasteiger partial charge in [0.15, 0.2) is 0 Å². The molecule has 1 rings (SSSR count). The fraction of sp³-hybridized carbons (Fsp3) is 0.500. The Balaban J connectivity index is 2.47. The van der Waals surface area contributed by atoms with Crippen LogP contribution in [0.5, 0.6) is 0 Å². The zero-order valence-electron chi connectivity index (χ0n) is 10.8. The number of benzene rings is 1. The molecule has 0 saturated carbocycles. The van der Waals surface area contributed by atoms with Crippen molar-refractivity contribution in [2.45, 2.75) is 39.8 Å².